The van der Waals surface area contributed by atoms with Gasteiger partial charge < -0.3 is 20.3 Å². The van der Waals surface area contributed by atoms with E-state index >= 15 is 0 Å². The van der Waals surface area contributed by atoms with Crippen LogP contribution in [0, 0.1) is 5.92 Å². The minimum Gasteiger partial charge on any atom is -0.458 e. The molecular formula is C18H32NO4+. The van der Waals surface area contributed by atoms with Crippen LogP contribution in [-0.4, -0.2) is 43.5 Å². The molecule has 0 saturated carbocycles. The van der Waals surface area contributed by atoms with Crippen LogP contribution in [0.4, 0.5) is 0 Å². The number of benzene rings is 1. The molecule has 0 spiro atoms. The molecular weight excluding hydrogens is 294 g/mol. The first-order chi connectivity index (χ1) is 11.1. The van der Waals surface area contributed by atoms with Crippen molar-refractivity contribution < 1.29 is 25.1 Å². The van der Waals surface area contributed by atoms with Gasteiger partial charge in [0.15, 0.2) is 0 Å². The molecule has 2 rings (SSSR count). The van der Waals surface area contributed by atoms with Gasteiger partial charge in [0.2, 0.25) is 6.04 Å². The van der Waals surface area contributed by atoms with Crippen molar-refractivity contribution in [2.24, 2.45) is 5.92 Å². The van der Waals surface area contributed by atoms with E-state index in [1.807, 2.05) is 39.0 Å². The van der Waals surface area contributed by atoms with Gasteiger partial charge in [-0.3, -0.25) is 0 Å². The van der Waals surface area contributed by atoms with Gasteiger partial charge in [-0.15, -0.1) is 0 Å². The van der Waals surface area contributed by atoms with Crippen LogP contribution in [0.1, 0.15) is 32.8 Å². The summed E-state index contributed by atoms with van der Waals surface area (Å²) in [4.78, 5) is 11.6. The van der Waals surface area contributed by atoms with E-state index in [0.717, 1.165) is 20.0 Å². The van der Waals surface area contributed by atoms with Crippen molar-refractivity contribution in [2.45, 2.75) is 45.8 Å². The number of carbonyl (C=O) groups excluding carboxylic acids is 1. The standard InChI is InChI=1S/C15H21NO3.C2H6.CH4O/c1-11-7-13(8-12-5-3-2-4-6-12)9-18-10-14(16)15(17)19-11;2*1-2/h2-6,11,13-14H,7-10,16H2,1H3;1-2H3;2H,1H3/p+1/t11?,13?,14-;;/m0../s1. The molecule has 1 fully saturated rings. The van der Waals surface area contributed by atoms with Gasteiger partial charge >= 0.3 is 5.97 Å². The lowest BCUT2D eigenvalue weighted by Crippen LogP contribution is -2.67. The lowest BCUT2D eigenvalue weighted by atomic mass is 9.95. The largest absolute Gasteiger partial charge is 0.458 e. The number of esters is 1. The highest BCUT2D eigenvalue weighted by Crippen LogP contribution is 2.18. The minimum absolute atomic E-state index is 0.0767. The maximum atomic E-state index is 11.6. The van der Waals surface area contributed by atoms with Gasteiger partial charge in [-0.05, 0) is 31.2 Å². The van der Waals surface area contributed by atoms with E-state index < -0.39 is 6.04 Å². The van der Waals surface area contributed by atoms with E-state index in [1.54, 1.807) is 0 Å². The zero-order chi connectivity index (χ0) is 17.7. The molecule has 1 aliphatic rings. The predicted octanol–water partition coefficient (Wildman–Crippen LogP) is 1.44. The van der Waals surface area contributed by atoms with Gasteiger partial charge in [-0.25, -0.2) is 4.79 Å². The molecule has 4 N–H and O–H groups in total. The Bertz CT molecular complexity index is 411. The summed E-state index contributed by atoms with van der Waals surface area (Å²) in [5, 5.41) is 7.00. The molecule has 0 aromatic heterocycles. The average Bonchev–Trinajstić information content (AvgIpc) is 2.63. The van der Waals surface area contributed by atoms with Gasteiger partial charge in [0.25, 0.3) is 0 Å². The molecule has 1 aromatic carbocycles. The topological polar surface area (TPSA) is 83.4 Å². The van der Waals surface area contributed by atoms with Gasteiger partial charge in [0, 0.05) is 7.11 Å². The molecule has 0 amide bonds. The first kappa shape index (κ1) is 21.6. The SMILES string of the molecule is CC.CC1CC(Cc2ccccc2)COC[C@H]([NH3+])C(=O)O1.CO. The van der Waals surface area contributed by atoms with Crippen molar-refractivity contribution in [3.63, 3.8) is 0 Å². The fourth-order valence-corrected chi connectivity index (χ4v) is 2.41. The molecule has 5 heteroatoms. The third-order valence-electron chi connectivity index (χ3n) is 3.36. The number of hydrogen-bond acceptors (Lipinski definition) is 4. The first-order valence-corrected chi connectivity index (χ1v) is 8.25. The average molecular weight is 326 g/mol. The van der Waals surface area contributed by atoms with E-state index in [4.69, 9.17) is 14.6 Å². The van der Waals surface area contributed by atoms with Gasteiger partial charge in [-0.2, -0.15) is 0 Å². The number of ether oxygens (including phenoxy) is 2. The minimum atomic E-state index is -0.419. The fourth-order valence-electron chi connectivity index (χ4n) is 2.41. The Morgan fingerprint density at radius 2 is 1.78 bits per heavy atom. The fraction of sp³-hybridized carbons (Fsp3) is 0.611. The second kappa shape index (κ2) is 13.0. The summed E-state index contributed by atoms with van der Waals surface area (Å²) >= 11 is 0. The van der Waals surface area contributed by atoms with E-state index in [2.05, 4.69) is 17.9 Å². The quantitative estimate of drug-likeness (QED) is 0.806. The highest BCUT2D eigenvalue weighted by Gasteiger charge is 2.26. The van der Waals surface area contributed by atoms with Gasteiger partial charge in [0.05, 0.1) is 12.7 Å². The summed E-state index contributed by atoms with van der Waals surface area (Å²) in [7, 11) is 1.00. The van der Waals surface area contributed by atoms with Crippen LogP contribution >= 0.6 is 0 Å². The third-order valence-corrected chi connectivity index (χ3v) is 3.36. The summed E-state index contributed by atoms with van der Waals surface area (Å²) in [6.45, 7) is 6.94. The van der Waals surface area contributed by atoms with Crippen LogP contribution in [0.15, 0.2) is 30.3 Å². The number of carbonyl (C=O) groups is 1. The molecule has 0 bridgehead atoms. The molecule has 23 heavy (non-hydrogen) atoms. The van der Waals surface area contributed by atoms with Gasteiger partial charge in [0.1, 0.15) is 6.61 Å². The number of aliphatic hydroxyl groups excluding tert-OH is 1. The Morgan fingerprint density at radius 1 is 1.17 bits per heavy atom. The zero-order valence-corrected chi connectivity index (χ0v) is 14.8. The molecule has 5 nitrogen and oxygen atoms in total. The van der Waals surface area contributed by atoms with Crippen molar-refractivity contribution in [1.29, 1.82) is 0 Å². The molecule has 132 valence electrons. The van der Waals surface area contributed by atoms with Gasteiger partial charge in [-0.1, -0.05) is 44.2 Å². The Balaban J connectivity index is 0.00000112. The van der Waals surface area contributed by atoms with E-state index in [1.165, 1.54) is 5.56 Å². The number of quaternary nitrogens is 1. The third kappa shape index (κ3) is 8.69. The summed E-state index contributed by atoms with van der Waals surface area (Å²) in [5.74, 6) is 0.114. The lowest BCUT2D eigenvalue weighted by molar-refractivity contribution is -0.415. The van der Waals surface area contributed by atoms with E-state index in [0.29, 0.717) is 19.1 Å². The molecule has 1 saturated heterocycles. The second-order valence-corrected chi connectivity index (χ2v) is 5.27. The number of hydrogen-bond donors (Lipinski definition) is 2. The molecule has 0 radical (unpaired) electrons. The van der Waals surface area contributed by atoms with Crippen molar-refractivity contribution in [3.05, 3.63) is 35.9 Å². The van der Waals surface area contributed by atoms with Crippen LogP contribution < -0.4 is 5.73 Å². The number of cyclic esters (lactones) is 1. The monoisotopic (exact) mass is 326 g/mol. The zero-order valence-electron chi connectivity index (χ0n) is 14.8. The maximum absolute atomic E-state index is 11.6. The summed E-state index contributed by atoms with van der Waals surface area (Å²) < 4.78 is 11.0. The van der Waals surface area contributed by atoms with Crippen LogP contribution in [0.5, 0.6) is 0 Å². The molecule has 1 aliphatic heterocycles. The molecule has 3 atom stereocenters. The van der Waals surface area contributed by atoms with Crippen molar-refractivity contribution in [2.75, 3.05) is 20.3 Å². The smallest absolute Gasteiger partial charge is 0.367 e. The first-order valence-electron chi connectivity index (χ1n) is 8.25. The Hall–Kier alpha value is -1.43. The van der Waals surface area contributed by atoms with Crippen LogP contribution in [-0.2, 0) is 20.7 Å². The molecule has 2 unspecified atom stereocenters. The van der Waals surface area contributed by atoms with Crippen LogP contribution in [0.3, 0.4) is 0 Å². The normalized spacial score (nSPS) is 24.4. The molecule has 1 heterocycles. The van der Waals surface area contributed by atoms with Crippen molar-refractivity contribution in [1.82, 2.24) is 0 Å². The second-order valence-electron chi connectivity index (χ2n) is 5.27. The Labute approximate surface area is 139 Å². The van der Waals surface area contributed by atoms with Crippen molar-refractivity contribution >= 4 is 5.97 Å². The highest BCUT2D eigenvalue weighted by atomic mass is 16.5. The van der Waals surface area contributed by atoms with E-state index in [-0.39, 0.29) is 12.1 Å². The van der Waals surface area contributed by atoms with Crippen molar-refractivity contribution in [3.8, 4) is 0 Å². The van der Waals surface area contributed by atoms with E-state index in [9.17, 15) is 4.79 Å². The Morgan fingerprint density at radius 3 is 2.39 bits per heavy atom. The number of aliphatic hydroxyl groups is 1. The summed E-state index contributed by atoms with van der Waals surface area (Å²) in [6.07, 6.45) is 1.70. The molecule has 1 aromatic rings. The molecule has 0 aliphatic carbocycles. The lowest BCUT2D eigenvalue weighted by Gasteiger charge is -2.19. The number of rotatable bonds is 2. The van der Waals surface area contributed by atoms with Crippen LogP contribution in [0.2, 0.25) is 0 Å². The summed E-state index contributed by atoms with van der Waals surface area (Å²) in [6, 6.07) is 9.92. The highest BCUT2D eigenvalue weighted by molar-refractivity contribution is 5.74. The maximum Gasteiger partial charge on any atom is 0.367 e. The summed E-state index contributed by atoms with van der Waals surface area (Å²) in [5.41, 5.74) is 5.06. The Kier molecular flexibility index (Phi) is 12.2. The predicted molar refractivity (Wildman–Crippen MR) is 90.8 cm³/mol. The van der Waals surface area contributed by atoms with Crippen LogP contribution in [0.25, 0.3) is 0 Å².